The Hall–Kier alpha value is -3.00. The minimum atomic E-state index is -3.29. The van der Waals surface area contributed by atoms with Crippen molar-refractivity contribution in [2.45, 2.75) is 44.1 Å². The van der Waals surface area contributed by atoms with Crippen LogP contribution in [-0.2, 0) is 19.4 Å². The highest BCUT2D eigenvalue weighted by atomic mass is 32.2. The van der Waals surface area contributed by atoms with E-state index in [9.17, 15) is 13.2 Å². The summed E-state index contributed by atoms with van der Waals surface area (Å²) in [6, 6.07) is 14.3. The van der Waals surface area contributed by atoms with Crippen molar-refractivity contribution < 1.29 is 17.9 Å². The van der Waals surface area contributed by atoms with Crippen LogP contribution in [0.1, 0.15) is 33.1 Å². The second-order valence-electron chi connectivity index (χ2n) is 8.33. The first-order chi connectivity index (χ1) is 15.8. The Labute approximate surface area is 196 Å². The third-order valence-electron chi connectivity index (χ3n) is 5.78. The van der Waals surface area contributed by atoms with Crippen LogP contribution in [0.25, 0.3) is 0 Å². The average molecular weight is 470 g/mol. The van der Waals surface area contributed by atoms with Gasteiger partial charge in [-0.3, -0.25) is 0 Å². The van der Waals surface area contributed by atoms with Crippen LogP contribution in [0.3, 0.4) is 0 Å². The highest BCUT2D eigenvalue weighted by Gasteiger charge is 2.22. The van der Waals surface area contributed by atoms with Gasteiger partial charge in [0.05, 0.1) is 22.0 Å². The maximum Gasteiger partial charge on any atom is 0.330 e. The molecule has 176 valence electrons. The van der Waals surface area contributed by atoms with Crippen molar-refractivity contribution in [2.75, 3.05) is 23.7 Å². The summed E-state index contributed by atoms with van der Waals surface area (Å²) in [6.07, 6.45) is 3.53. The van der Waals surface area contributed by atoms with Crippen LogP contribution in [0.4, 0.5) is 17.1 Å². The first-order valence-corrected chi connectivity index (χ1v) is 12.9. The normalized spacial score (nSPS) is 16.0. The van der Waals surface area contributed by atoms with E-state index in [0.717, 1.165) is 38.0 Å². The zero-order valence-corrected chi connectivity index (χ0v) is 20.0. The molecule has 2 aromatic carbocycles. The summed E-state index contributed by atoms with van der Waals surface area (Å²) in [6.45, 7) is 8.97. The molecule has 1 fully saturated rings. The zero-order valence-electron chi connectivity index (χ0n) is 19.2. The smallest absolute Gasteiger partial charge is 0.330 e. The lowest BCUT2D eigenvalue weighted by molar-refractivity contribution is -0.143. The molecular weight excluding hydrogens is 438 g/mol. The lowest BCUT2D eigenvalue weighted by Crippen LogP contribution is -2.37. The van der Waals surface area contributed by atoms with Crippen molar-refractivity contribution >= 4 is 32.9 Å². The van der Waals surface area contributed by atoms with Crippen LogP contribution < -0.4 is 4.90 Å². The third kappa shape index (κ3) is 6.99. The van der Waals surface area contributed by atoms with Gasteiger partial charge in [0.1, 0.15) is 6.10 Å². The molecule has 0 aliphatic carbocycles. The number of carbonyl (C=O) groups excluding carboxylic acids is 1. The monoisotopic (exact) mass is 469 g/mol. The molecule has 0 saturated carbocycles. The van der Waals surface area contributed by atoms with Gasteiger partial charge in [0, 0.05) is 37.7 Å². The maximum atomic E-state index is 12.4. The number of esters is 1. The number of nitrogens with zero attached hydrogens (tertiary/aromatic N) is 3. The number of anilines is 1. The SMILES string of the molecule is C=CC(=O)OC1CCN(c2ccc(/N=N/c3ccc(S(=O)(=O)CC(C)CC)cc3)cc2)CC1. The van der Waals surface area contributed by atoms with E-state index in [1.165, 1.54) is 6.08 Å². The molecule has 2 aromatic rings. The van der Waals surface area contributed by atoms with Gasteiger partial charge in [0.25, 0.3) is 0 Å². The molecule has 0 bridgehead atoms. The number of sulfone groups is 1. The molecule has 1 saturated heterocycles. The number of rotatable bonds is 9. The first kappa shape index (κ1) is 24.6. The van der Waals surface area contributed by atoms with Crippen molar-refractivity contribution in [3.8, 4) is 0 Å². The predicted molar refractivity (Wildman–Crippen MR) is 130 cm³/mol. The topological polar surface area (TPSA) is 88.4 Å². The van der Waals surface area contributed by atoms with E-state index in [1.807, 2.05) is 38.1 Å². The van der Waals surface area contributed by atoms with Gasteiger partial charge in [-0.05, 0) is 54.4 Å². The summed E-state index contributed by atoms with van der Waals surface area (Å²) < 4.78 is 30.2. The Kier molecular flexibility index (Phi) is 8.38. The van der Waals surface area contributed by atoms with Crippen LogP contribution in [0.15, 0.2) is 76.3 Å². The molecule has 1 heterocycles. The number of carbonyl (C=O) groups is 1. The fourth-order valence-corrected chi connectivity index (χ4v) is 5.33. The molecule has 1 atom stereocenters. The van der Waals surface area contributed by atoms with Crippen molar-refractivity contribution in [2.24, 2.45) is 16.1 Å². The number of hydrogen-bond acceptors (Lipinski definition) is 7. The molecule has 33 heavy (non-hydrogen) atoms. The minimum absolute atomic E-state index is 0.0590. The van der Waals surface area contributed by atoms with E-state index in [4.69, 9.17) is 4.74 Å². The zero-order chi connectivity index (χ0) is 23.8. The Morgan fingerprint density at radius 2 is 1.64 bits per heavy atom. The Bertz CT molecular complexity index is 1070. The number of ether oxygens (including phenoxy) is 1. The van der Waals surface area contributed by atoms with Crippen molar-refractivity contribution in [1.29, 1.82) is 0 Å². The quantitative estimate of drug-likeness (QED) is 0.270. The van der Waals surface area contributed by atoms with Crippen LogP contribution >= 0.6 is 0 Å². The molecule has 0 N–H and O–H groups in total. The molecule has 7 nitrogen and oxygen atoms in total. The van der Waals surface area contributed by atoms with Gasteiger partial charge in [0.15, 0.2) is 9.84 Å². The summed E-state index contributed by atoms with van der Waals surface area (Å²) in [4.78, 5) is 13.9. The van der Waals surface area contributed by atoms with Gasteiger partial charge in [-0.1, -0.05) is 26.8 Å². The maximum absolute atomic E-state index is 12.4. The number of benzene rings is 2. The van der Waals surface area contributed by atoms with E-state index < -0.39 is 9.84 Å². The minimum Gasteiger partial charge on any atom is -0.459 e. The lowest BCUT2D eigenvalue weighted by Gasteiger charge is -2.33. The molecule has 8 heteroatoms. The van der Waals surface area contributed by atoms with E-state index >= 15 is 0 Å². The summed E-state index contributed by atoms with van der Waals surface area (Å²) in [5.74, 6) is -0.0991. The molecule has 1 aliphatic rings. The van der Waals surface area contributed by atoms with Crippen molar-refractivity contribution in [3.05, 3.63) is 61.2 Å². The van der Waals surface area contributed by atoms with E-state index in [2.05, 4.69) is 21.7 Å². The Balaban J connectivity index is 1.56. The van der Waals surface area contributed by atoms with Crippen molar-refractivity contribution in [1.82, 2.24) is 0 Å². The van der Waals surface area contributed by atoms with Crippen molar-refractivity contribution in [3.63, 3.8) is 0 Å². The Morgan fingerprint density at radius 3 is 2.15 bits per heavy atom. The standard InChI is InChI=1S/C25H31N3O4S/c1-4-19(3)18-33(30,31)24-12-8-21(9-13-24)27-26-20-6-10-22(11-7-20)28-16-14-23(15-17-28)32-25(29)5-2/h5-13,19,23H,2,4,14-18H2,1,3H3/b27-26+. The second-order valence-corrected chi connectivity index (χ2v) is 10.4. The predicted octanol–water partition coefficient (Wildman–Crippen LogP) is 5.62. The number of piperidine rings is 1. The summed E-state index contributed by atoms with van der Waals surface area (Å²) in [5.41, 5.74) is 2.39. The molecule has 0 radical (unpaired) electrons. The third-order valence-corrected chi connectivity index (χ3v) is 7.78. The highest BCUT2D eigenvalue weighted by molar-refractivity contribution is 7.91. The second kappa shape index (κ2) is 11.2. The molecule has 1 aliphatic heterocycles. The number of hydrogen-bond donors (Lipinski definition) is 0. The highest BCUT2D eigenvalue weighted by Crippen LogP contribution is 2.26. The first-order valence-electron chi connectivity index (χ1n) is 11.2. The molecule has 0 aromatic heterocycles. The largest absolute Gasteiger partial charge is 0.459 e. The van der Waals surface area contributed by atoms with Gasteiger partial charge in [-0.25, -0.2) is 13.2 Å². The Morgan fingerprint density at radius 1 is 1.09 bits per heavy atom. The van der Waals surface area contributed by atoms with E-state index in [1.54, 1.807) is 24.3 Å². The number of azo groups is 1. The van der Waals surface area contributed by atoms with E-state index in [-0.39, 0.29) is 23.7 Å². The molecule has 0 amide bonds. The summed E-state index contributed by atoms with van der Waals surface area (Å²) >= 11 is 0. The fraction of sp³-hybridized carbons (Fsp3) is 0.400. The van der Waals surface area contributed by atoms with Crippen LogP contribution in [-0.4, -0.2) is 39.3 Å². The van der Waals surface area contributed by atoms with Gasteiger partial charge in [-0.15, -0.1) is 0 Å². The van der Waals surface area contributed by atoms with E-state index in [0.29, 0.717) is 16.3 Å². The average Bonchev–Trinajstić information content (AvgIpc) is 2.83. The fourth-order valence-electron chi connectivity index (χ4n) is 3.60. The van der Waals surface area contributed by atoms with Gasteiger partial charge in [0.2, 0.25) is 0 Å². The van der Waals surface area contributed by atoms with Crippen LogP contribution in [0.5, 0.6) is 0 Å². The molecule has 0 spiro atoms. The molecule has 1 unspecified atom stereocenters. The van der Waals surface area contributed by atoms with Gasteiger partial charge in [-0.2, -0.15) is 10.2 Å². The molecular formula is C25H31N3O4S. The molecule has 3 rings (SSSR count). The van der Waals surface area contributed by atoms with Crippen LogP contribution in [0, 0.1) is 5.92 Å². The summed E-state index contributed by atoms with van der Waals surface area (Å²) in [5, 5.41) is 8.49. The van der Waals surface area contributed by atoms with Crippen LogP contribution in [0.2, 0.25) is 0 Å². The van der Waals surface area contributed by atoms with Gasteiger partial charge < -0.3 is 9.64 Å². The van der Waals surface area contributed by atoms with Gasteiger partial charge >= 0.3 is 5.97 Å². The lowest BCUT2D eigenvalue weighted by atomic mass is 10.1. The summed E-state index contributed by atoms with van der Waals surface area (Å²) in [7, 11) is -3.29.